The van der Waals surface area contributed by atoms with E-state index < -0.39 is 0 Å². The summed E-state index contributed by atoms with van der Waals surface area (Å²) >= 11 is 1.42. The Morgan fingerprint density at radius 2 is 2.00 bits per heavy atom. The first kappa shape index (κ1) is 15.8. The van der Waals surface area contributed by atoms with Gasteiger partial charge in [0.25, 0.3) is 5.91 Å². The summed E-state index contributed by atoms with van der Waals surface area (Å²) in [5, 5.41) is 3.97. The van der Waals surface area contributed by atoms with Crippen molar-refractivity contribution < 1.29 is 4.79 Å². The number of nitrogen functional groups attached to an aromatic ring is 1. The molecule has 0 spiro atoms. The average Bonchev–Trinajstić information content (AvgIpc) is 3.43. The first-order chi connectivity index (χ1) is 12.7. The summed E-state index contributed by atoms with van der Waals surface area (Å²) in [6.45, 7) is 0. The first-order valence-corrected chi connectivity index (χ1v) is 10.1. The minimum Gasteiger partial charge on any atom is -0.397 e. The lowest BCUT2D eigenvalue weighted by Crippen LogP contribution is -2.25. The number of nitrogens with two attached hydrogens (primary N) is 1. The van der Waals surface area contributed by atoms with Crippen LogP contribution in [0.2, 0.25) is 0 Å². The Balaban J connectivity index is 1.49. The number of carbonyl (C=O) groups excluding carboxylic acids is 1. The van der Waals surface area contributed by atoms with E-state index in [2.05, 4.69) is 41.7 Å². The number of anilines is 1. The lowest BCUT2D eigenvalue weighted by atomic mass is 9.82. The van der Waals surface area contributed by atoms with Crippen LogP contribution in [0, 0.1) is 0 Å². The number of hydrogen-bond acceptors (Lipinski definition) is 4. The molecule has 1 unspecified atom stereocenters. The summed E-state index contributed by atoms with van der Waals surface area (Å²) in [5.74, 6) is 0.480. The Bertz CT molecular complexity index is 991. The summed E-state index contributed by atoms with van der Waals surface area (Å²) in [5.41, 5.74) is 10.7. The number of thiophene rings is 1. The molecule has 1 atom stereocenters. The number of aryl methyl sites for hydroxylation is 1. The molecule has 2 aromatic heterocycles. The van der Waals surface area contributed by atoms with Gasteiger partial charge in [0.1, 0.15) is 9.71 Å². The van der Waals surface area contributed by atoms with Gasteiger partial charge in [-0.05, 0) is 55.2 Å². The van der Waals surface area contributed by atoms with Gasteiger partial charge in [-0.15, -0.1) is 11.3 Å². The Kier molecular flexibility index (Phi) is 3.71. The molecule has 1 fully saturated rings. The van der Waals surface area contributed by atoms with Gasteiger partial charge in [-0.25, -0.2) is 4.98 Å². The molecule has 0 aliphatic heterocycles. The number of fused-ring (bicyclic) bond motifs is 2. The molecule has 0 bridgehead atoms. The molecule has 1 saturated carbocycles. The van der Waals surface area contributed by atoms with Crippen molar-refractivity contribution in [3.05, 3.63) is 58.1 Å². The topological polar surface area (TPSA) is 68.0 Å². The van der Waals surface area contributed by atoms with Gasteiger partial charge in [0, 0.05) is 17.1 Å². The fourth-order valence-corrected chi connectivity index (χ4v) is 4.85. The molecule has 2 aliphatic rings. The maximum atomic E-state index is 12.4. The summed E-state index contributed by atoms with van der Waals surface area (Å²) in [4.78, 5) is 18.8. The highest BCUT2D eigenvalue weighted by molar-refractivity contribution is 7.21. The molecule has 3 aromatic rings. The van der Waals surface area contributed by atoms with Crippen molar-refractivity contribution in [3.63, 3.8) is 0 Å². The molecule has 4 nitrogen and oxygen atoms in total. The van der Waals surface area contributed by atoms with Crippen LogP contribution in [0.5, 0.6) is 0 Å². The van der Waals surface area contributed by atoms with E-state index >= 15 is 0 Å². The molecule has 0 saturated heterocycles. The molecule has 5 heteroatoms. The molecule has 5 rings (SSSR count). The number of nitrogens with zero attached hydrogens (tertiary/aromatic N) is 1. The van der Waals surface area contributed by atoms with Crippen molar-refractivity contribution in [2.45, 2.75) is 44.1 Å². The van der Waals surface area contributed by atoms with Crippen LogP contribution in [0.1, 0.15) is 51.7 Å². The molecule has 2 aliphatic carbocycles. The molecule has 1 aromatic carbocycles. The number of pyridine rings is 1. The Morgan fingerprint density at radius 3 is 2.77 bits per heavy atom. The van der Waals surface area contributed by atoms with E-state index in [4.69, 9.17) is 10.7 Å². The van der Waals surface area contributed by atoms with Crippen molar-refractivity contribution in [1.29, 1.82) is 0 Å². The summed E-state index contributed by atoms with van der Waals surface area (Å²) in [6.07, 6.45) is 5.23. The van der Waals surface area contributed by atoms with Crippen LogP contribution in [0.15, 0.2) is 36.4 Å². The second kappa shape index (κ2) is 6.09. The van der Waals surface area contributed by atoms with Crippen LogP contribution in [-0.2, 0) is 12.8 Å². The zero-order valence-corrected chi connectivity index (χ0v) is 15.3. The van der Waals surface area contributed by atoms with E-state index in [0.29, 0.717) is 22.5 Å². The Labute approximate surface area is 156 Å². The number of hydrogen-bond donors (Lipinski definition) is 2. The smallest absolute Gasteiger partial charge is 0.263 e. The zero-order valence-electron chi connectivity index (χ0n) is 14.5. The number of nitrogens with one attached hydrogen (secondary N) is 1. The second-order valence-corrected chi connectivity index (χ2v) is 8.39. The van der Waals surface area contributed by atoms with Gasteiger partial charge in [-0.1, -0.05) is 30.3 Å². The molecule has 1 amide bonds. The molecule has 3 N–H and O–H groups in total. The highest BCUT2D eigenvalue weighted by Gasteiger charge is 2.28. The molecule has 0 radical (unpaired) electrons. The van der Waals surface area contributed by atoms with Crippen LogP contribution < -0.4 is 11.1 Å². The minimum atomic E-state index is -0.0480. The first-order valence-electron chi connectivity index (χ1n) is 9.25. The predicted molar refractivity (Wildman–Crippen MR) is 106 cm³/mol. The minimum absolute atomic E-state index is 0.0480. The van der Waals surface area contributed by atoms with Gasteiger partial charge in [0.05, 0.1) is 5.69 Å². The van der Waals surface area contributed by atoms with Crippen molar-refractivity contribution in [2.75, 3.05) is 5.73 Å². The highest BCUT2D eigenvalue weighted by Crippen LogP contribution is 2.38. The fourth-order valence-electron chi connectivity index (χ4n) is 3.85. The molecule has 2 heterocycles. The Morgan fingerprint density at radius 1 is 1.19 bits per heavy atom. The van der Waals surface area contributed by atoms with Crippen LogP contribution in [-0.4, -0.2) is 16.9 Å². The standard InChI is InChI=1S/C21H21N3OS/c22-18-16-11-14-10-13(12-4-2-1-3-5-12)6-9-17(14)24-21(16)26-19(18)20(25)23-15-7-8-15/h1-5,11,13,15H,6-10,22H2,(H,23,25). The lowest BCUT2D eigenvalue weighted by Gasteiger charge is -2.24. The third-order valence-electron chi connectivity index (χ3n) is 5.48. The lowest BCUT2D eigenvalue weighted by molar-refractivity contribution is 0.0956. The Hall–Kier alpha value is -2.40. The fraction of sp³-hybridized carbons (Fsp3) is 0.333. The van der Waals surface area contributed by atoms with Gasteiger partial charge >= 0.3 is 0 Å². The van der Waals surface area contributed by atoms with Gasteiger partial charge in [0.2, 0.25) is 0 Å². The van der Waals surface area contributed by atoms with Gasteiger partial charge in [-0.2, -0.15) is 0 Å². The third-order valence-corrected chi connectivity index (χ3v) is 6.59. The molecular formula is C21H21N3OS. The summed E-state index contributed by atoms with van der Waals surface area (Å²) < 4.78 is 0. The monoisotopic (exact) mass is 363 g/mol. The maximum Gasteiger partial charge on any atom is 0.263 e. The molecule has 132 valence electrons. The second-order valence-electron chi connectivity index (χ2n) is 7.39. The van der Waals surface area contributed by atoms with Gasteiger partial charge in [-0.3, -0.25) is 4.79 Å². The molecular weight excluding hydrogens is 342 g/mol. The van der Waals surface area contributed by atoms with Crippen molar-refractivity contribution in [3.8, 4) is 0 Å². The van der Waals surface area contributed by atoms with Crippen LogP contribution >= 0.6 is 11.3 Å². The largest absolute Gasteiger partial charge is 0.397 e. The summed E-state index contributed by atoms with van der Waals surface area (Å²) in [7, 11) is 0. The van der Waals surface area contributed by atoms with Crippen molar-refractivity contribution in [2.24, 2.45) is 0 Å². The van der Waals surface area contributed by atoms with E-state index in [0.717, 1.165) is 42.3 Å². The maximum absolute atomic E-state index is 12.4. The van der Waals surface area contributed by atoms with Gasteiger partial charge in [0.15, 0.2) is 0 Å². The van der Waals surface area contributed by atoms with Gasteiger partial charge < -0.3 is 11.1 Å². The normalized spacial score (nSPS) is 19.3. The molecule has 26 heavy (non-hydrogen) atoms. The quantitative estimate of drug-likeness (QED) is 0.738. The van der Waals surface area contributed by atoms with E-state index in [1.54, 1.807) is 0 Å². The zero-order chi connectivity index (χ0) is 17.7. The van der Waals surface area contributed by atoms with Crippen LogP contribution in [0.3, 0.4) is 0 Å². The number of benzene rings is 1. The summed E-state index contributed by atoms with van der Waals surface area (Å²) in [6, 6.07) is 13.2. The van der Waals surface area contributed by atoms with Crippen molar-refractivity contribution in [1.82, 2.24) is 10.3 Å². The van der Waals surface area contributed by atoms with E-state index in [1.807, 2.05) is 0 Å². The average molecular weight is 363 g/mol. The number of carbonyl (C=O) groups is 1. The third kappa shape index (κ3) is 2.76. The number of aromatic nitrogens is 1. The number of amides is 1. The van der Waals surface area contributed by atoms with Crippen LogP contribution in [0.25, 0.3) is 10.2 Å². The van der Waals surface area contributed by atoms with Crippen molar-refractivity contribution >= 4 is 33.1 Å². The highest BCUT2D eigenvalue weighted by atomic mass is 32.1. The van der Waals surface area contributed by atoms with E-state index in [-0.39, 0.29) is 5.91 Å². The van der Waals surface area contributed by atoms with Crippen LogP contribution in [0.4, 0.5) is 5.69 Å². The number of rotatable bonds is 3. The predicted octanol–water partition coefficient (Wildman–Crippen LogP) is 4.04. The van der Waals surface area contributed by atoms with E-state index in [1.165, 1.54) is 28.2 Å². The SMILES string of the molecule is Nc1c(C(=O)NC2CC2)sc2nc3c(cc12)CC(c1ccccc1)CC3. The van der Waals surface area contributed by atoms with E-state index in [9.17, 15) is 4.79 Å².